The number of rotatable bonds is 6. The quantitative estimate of drug-likeness (QED) is 0.492. The second-order valence-electron chi connectivity index (χ2n) is 6.46. The van der Waals surface area contributed by atoms with Gasteiger partial charge in [-0.1, -0.05) is 6.07 Å². The van der Waals surface area contributed by atoms with Crippen molar-refractivity contribution in [1.82, 2.24) is 9.13 Å². The zero-order chi connectivity index (χ0) is 21.3. The number of aryl methyl sites for hydroxylation is 1. The van der Waals surface area contributed by atoms with Gasteiger partial charge >= 0.3 is 5.69 Å². The van der Waals surface area contributed by atoms with Gasteiger partial charge in [0, 0.05) is 17.5 Å². The maximum atomic E-state index is 13.8. The van der Waals surface area contributed by atoms with Crippen molar-refractivity contribution in [3.8, 4) is 0 Å². The fourth-order valence-electron chi connectivity index (χ4n) is 3.09. The third-order valence-corrected chi connectivity index (χ3v) is 6.33. The third kappa shape index (κ3) is 3.96. The molecule has 1 N–H and O–H groups in total. The molecule has 0 aliphatic carbocycles. The summed E-state index contributed by atoms with van der Waals surface area (Å²) in [4.78, 5) is 39.2. The predicted octanol–water partition coefficient (Wildman–Crippen LogP) is 3.45. The van der Waals surface area contributed by atoms with Crippen LogP contribution in [0.15, 0.2) is 56.7 Å². The summed E-state index contributed by atoms with van der Waals surface area (Å²) in [5.41, 5.74) is -1.02. The number of carbonyl (C=O) groups is 1. The van der Waals surface area contributed by atoms with Gasteiger partial charge in [-0.05, 0) is 41.4 Å². The van der Waals surface area contributed by atoms with Crippen molar-refractivity contribution in [3.63, 3.8) is 0 Å². The number of benzene rings is 1. The van der Waals surface area contributed by atoms with E-state index in [1.54, 1.807) is 11.4 Å². The molecule has 4 aromatic rings. The van der Waals surface area contributed by atoms with Gasteiger partial charge in [-0.15, -0.1) is 22.7 Å². The molecule has 0 spiro atoms. The number of fused-ring (bicyclic) bond motifs is 1. The standard InChI is InChI=1S/C20H15F2N3O3S2/c21-12-3-4-14(22)15(10-12)23-17(26)11-25-16-6-9-30-18(16)19(27)24(20(25)28)7-5-13-2-1-8-29-13/h1-4,6,8-10H,5,7,11H2,(H,23,26). The summed E-state index contributed by atoms with van der Waals surface area (Å²) in [6, 6.07) is 8.09. The van der Waals surface area contributed by atoms with Crippen LogP contribution < -0.4 is 16.6 Å². The molecule has 0 aliphatic rings. The summed E-state index contributed by atoms with van der Waals surface area (Å²) in [6.07, 6.45) is 0.504. The van der Waals surface area contributed by atoms with Gasteiger partial charge < -0.3 is 5.32 Å². The molecule has 0 saturated heterocycles. The second kappa shape index (κ2) is 8.33. The molecule has 0 radical (unpaired) electrons. The Kier molecular flexibility index (Phi) is 5.60. The highest BCUT2D eigenvalue weighted by Crippen LogP contribution is 2.18. The zero-order valence-corrected chi connectivity index (χ0v) is 17.1. The lowest BCUT2D eigenvalue weighted by Gasteiger charge is -2.12. The average molecular weight is 447 g/mol. The number of thiophene rings is 2. The summed E-state index contributed by atoms with van der Waals surface area (Å²) in [5.74, 6) is -2.21. The van der Waals surface area contributed by atoms with Crippen LogP contribution in [0, 0.1) is 11.6 Å². The van der Waals surface area contributed by atoms with E-state index in [1.165, 1.54) is 27.2 Å². The molecule has 30 heavy (non-hydrogen) atoms. The molecule has 1 amide bonds. The summed E-state index contributed by atoms with van der Waals surface area (Å²) >= 11 is 2.70. The minimum absolute atomic E-state index is 0.173. The Bertz CT molecular complexity index is 1340. The fourth-order valence-corrected chi connectivity index (χ4v) is 4.63. The molecule has 0 aliphatic heterocycles. The first-order valence-electron chi connectivity index (χ1n) is 8.92. The van der Waals surface area contributed by atoms with E-state index in [0.717, 1.165) is 27.6 Å². The zero-order valence-electron chi connectivity index (χ0n) is 15.4. The summed E-state index contributed by atoms with van der Waals surface area (Å²) in [6.45, 7) is -0.270. The van der Waals surface area contributed by atoms with E-state index < -0.39 is 35.3 Å². The second-order valence-corrected chi connectivity index (χ2v) is 8.41. The largest absolute Gasteiger partial charge is 0.332 e. The highest BCUT2D eigenvalue weighted by Gasteiger charge is 2.17. The minimum Gasteiger partial charge on any atom is -0.322 e. The average Bonchev–Trinajstić information content (AvgIpc) is 3.40. The van der Waals surface area contributed by atoms with Crippen LogP contribution in [0.3, 0.4) is 0 Å². The Labute approximate surface area is 176 Å². The Morgan fingerprint density at radius 2 is 1.87 bits per heavy atom. The van der Waals surface area contributed by atoms with Gasteiger partial charge in [-0.3, -0.25) is 18.7 Å². The van der Waals surface area contributed by atoms with Gasteiger partial charge in [-0.25, -0.2) is 13.6 Å². The summed E-state index contributed by atoms with van der Waals surface area (Å²) in [5, 5.41) is 5.85. The van der Waals surface area contributed by atoms with Crippen LogP contribution >= 0.6 is 22.7 Å². The van der Waals surface area contributed by atoms with Crippen LogP contribution in [-0.4, -0.2) is 15.0 Å². The molecular weight excluding hydrogens is 432 g/mol. The molecule has 1 aromatic carbocycles. The predicted molar refractivity (Wildman–Crippen MR) is 113 cm³/mol. The number of anilines is 1. The van der Waals surface area contributed by atoms with Crippen LogP contribution in [0.5, 0.6) is 0 Å². The first kappa shape index (κ1) is 20.2. The normalized spacial score (nSPS) is 11.1. The molecule has 4 rings (SSSR count). The Balaban J connectivity index is 1.67. The number of hydrogen-bond donors (Lipinski definition) is 1. The molecule has 0 bridgehead atoms. The number of nitrogens with zero attached hydrogens (tertiary/aromatic N) is 2. The van der Waals surface area contributed by atoms with Gasteiger partial charge in [0.15, 0.2) is 0 Å². The Morgan fingerprint density at radius 3 is 2.63 bits per heavy atom. The number of hydrogen-bond acceptors (Lipinski definition) is 5. The number of nitrogens with one attached hydrogen (secondary N) is 1. The highest BCUT2D eigenvalue weighted by atomic mass is 32.1. The number of carbonyl (C=O) groups excluding carboxylic acids is 1. The van der Waals surface area contributed by atoms with E-state index in [0.29, 0.717) is 16.6 Å². The van der Waals surface area contributed by atoms with E-state index in [4.69, 9.17) is 0 Å². The molecule has 0 fully saturated rings. The maximum absolute atomic E-state index is 13.8. The molecular formula is C20H15F2N3O3S2. The number of halogens is 2. The minimum atomic E-state index is -0.793. The van der Waals surface area contributed by atoms with Gasteiger partial charge in [0.25, 0.3) is 5.56 Å². The lowest BCUT2D eigenvalue weighted by molar-refractivity contribution is -0.116. The van der Waals surface area contributed by atoms with Crippen molar-refractivity contribution in [2.24, 2.45) is 0 Å². The molecule has 0 unspecified atom stereocenters. The number of amides is 1. The topological polar surface area (TPSA) is 73.1 Å². The van der Waals surface area contributed by atoms with Crippen molar-refractivity contribution in [3.05, 3.63) is 84.5 Å². The van der Waals surface area contributed by atoms with Crippen LogP contribution in [-0.2, 0) is 24.3 Å². The highest BCUT2D eigenvalue weighted by molar-refractivity contribution is 7.17. The fraction of sp³-hybridized carbons (Fsp3) is 0.150. The van der Waals surface area contributed by atoms with Crippen LogP contribution in [0.2, 0.25) is 0 Å². The van der Waals surface area contributed by atoms with Crippen LogP contribution in [0.4, 0.5) is 14.5 Å². The molecule has 6 nitrogen and oxygen atoms in total. The van der Waals surface area contributed by atoms with Gasteiger partial charge in [0.05, 0.1) is 11.2 Å². The van der Waals surface area contributed by atoms with Gasteiger partial charge in [0.2, 0.25) is 5.91 Å². The van der Waals surface area contributed by atoms with E-state index in [-0.39, 0.29) is 12.2 Å². The lowest BCUT2D eigenvalue weighted by atomic mass is 10.3. The van der Waals surface area contributed by atoms with Crippen molar-refractivity contribution < 1.29 is 13.6 Å². The van der Waals surface area contributed by atoms with Crippen LogP contribution in [0.1, 0.15) is 4.88 Å². The SMILES string of the molecule is O=C(Cn1c(=O)n(CCc2cccs2)c(=O)c2sccc21)Nc1cc(F)ccc1F. The van der Waals surface area contributed by atoms with Crippen molar-refractivity contribution in [2.45, 2.75) is 19.5 Å². The van der Waals surface area contributed by atoms with E-state index in [1.807, 2.05) is 17.5 Å². The third-order valence-electron chi connectivity index (χ3n) is 4.50. The van der Waals surface area contributed by atoms with E-state index >= 15 is 0 Å². The van der Waals surface area contributed by atoms with Crippen LogP contribution in [0.25, 0.3) is 10.2 Å². The molecule has 3 aromatic heterocycles. The molecule has 0 saturated carbocycles. The lowest BCUT2D eigenvalue weighted by Crippen LogP contribution is -2.41. The summed E-state index contributed by atoms with van der Waals surface area (Å²) < 4.78 is 29.8. The van der Waals surface area contributed by atoms with Gasteiger partial charge in [0.1, 0.15) is 22.9 Å². The van der Waals surface area contributed by atoms with E-state index in [2.05, 4.69) is 5.32 Å². The van der Waals surface area contributed by atoms with Crippen molar-refractivity contribution >= 4 is 44.5 Å². The van der Waals surface area contributed by atoms with Crippen molar-refractivity contribution in [2.75, 3.05) is 5.32 Å². The maximum Gasteiger partial charge on any atom is 0.332 e. The summed E-state index contributed by atoms with van der Waals surface area (Å²) in [7, 11) is 0. The smallest absolute Gasteiger partial charge is 0.322 e. The monoisotopic (exact) mass is 447 g/mol. The van der Waals surface area contributed by atoms with Crippen molar-refractivity contribution in [1.29, 1.82) is 0 Å². The Morgan fingerprint density at radius 1 is 1.03 bits per heavy atom. The molecule has 3 heterocycles. The van der Waals surface area contributed by atoms with Gasteiger partial charge in [-0.2, -0.15) is 0 Å². The molecule has 154 valence electrons. The first-order valence-corrected chi connectivity index (χ1v) is 10.7. The molecule has 10 heteroatoms. The first-order chi connectivity index (χ1) is 14.4. The van der Waals surface area contributed by atoms with E-state index in [9.17, 15) is 23.2 Å². The molecule has 0 atom stereocenters. The Hall–Kier alpha value is -3.11. The number of aromatic nitrogens is 2.